The summed E-state index contributed by atoms with van der Waals surface area (Å²) in [5, 5.41) is 9.87. The van der Waals surface area contributed by atoms with Crippen molar-refractivity contribution in [3.8, 4) is 0 Å². The van der Waals surface area contributed by atoms with Gasteiger partial charge in [0.05, 0.1) is 18.1 Å². The Labute approximate surface area is 231 Å². The molecule has 39 heavy (non-hydrogen) atoms. The monoisotopic (exact) mass is 539 g/mol. The minimum Gasteiger partial charge on any atom is -0.461 e. The normalized spacial score (nSPS) is 30.7. The van der Waals surface area contributed by atoms with Gasteiger partial charge < -0.3 is 29.3 Å². The number of hydrogen-bond acceptors (Lipinski definition) is 7. The SMILES string of the molecule is C=CCOC(=O)[C@@H]1[C@H]2C(=O)N(CCO)C(C(=O)N(CC=C)c3ccc(N(CC)CC)cc3)C23CC(C)[C@@]1(C)O3. The number of fused-ring (bicyclic) bond motifs is 1. The Hall–Kier alpha value is -3.17. The number of esters is 1. The predicted molar refractivity (Wildman–Crippen MR) is 149 cm³/mol. The summed E-state index contributed by atoms with van der Waals surface area (Å²) in [7, 11) is 0. The van der Waals surface area contributed by atoms with Gasteiger partial charge in [-0.2, -0.15) is 0 Å². The number of amides is 2. The highest BCUT2D eigenvalue weighted by Gasteiger charge is 2.80. The molecule has 0 aromatic heterocycles. The van der Waals surface area contributed by atoms with Crippen molar-refractivity contribution in [2.75, 3.05) is 49.2 Å². The van der Waals surface area contributed by atoms with Crippen molar-refractivity contribution in [2.24, 2.45) is 17.8 Å². The molecule has 0 radical (unpaired) electrons. The lowest BCUT2D eigenvalue weighted by Gasteiger charge is -2.37. The van der Waals surface area contributed by atoms with Gasteiger partial charge in [0.15, 0.2) is 0 Å². The molecule has 3 heterocycles. The van der Waals surface area contributed by atoms with Crippen LogP contribution in [0, 0.1) is 17.8 Å². The molecule has 1 aromatic carbocycles. The van der Waals surface area contributed by atoms with Gasteiger partial charge in [0.25, 0.3) is 5.91 Å². The maximum atomic E-state index is 14.5. The van der Waals surface area contributed by atoms with E-state index in [1.54, 1.807) is 11.0 Å². The molecular weight excluding hydrogens is 498 g/mol. The smallest absolute Gasteiger partial charge is 0.313 e. The molecule has 3 saturated heterocycles. The number of rotatable bonds is 12. The van der Waals surface area contributed by atoms with Crippen molar-refractivity contribution in [3.05, 3.63) is 49.6 Å². The van der Waals surface area contributed by atoms with Gasteiger partial charge in [-0.25, -0.2) is 0 Å². The van der Waals surface area contributed by atoms with Crippen LogP contribution in [0.1, 0.15) is 34.1 Å². The standard InChI is InChI=1S/C30H41N3O6/c1-7-15-32(22-13-11-21(12-14-22)31(9-3)10-4)27(36)25-30-19-20(5)29(6,39-30)24(28(37)38-18-8-2)23(30)26(35)33(25)16-17-34/h7-8,11-14,20,23-25,34H,1-2,9-10,15-19H2,3-6H3/t20?,23-,24-,25?,29+,30?/m0/s1. The minimum atomic E-state index is -1.21. The summed E-state index contributed by atoms with van der Waals surface area (Å²) >= 11 is 0. The lowest BCUT2D eigenvalue weighted by molar-refractivity contribution is -0.160. The van der Waals surface area contributed by atoms with E-state index in [1.165, 1.54) is 11.0 Å². The molecule has 3 fully saturated rings. The highest BCUT2D eigenvalue weighted by atomic mass is 16.6. The number of anilines is 2. The minimum absolute atomic E-state index is 0.0209. The first-order valence-electron chi connectivity index (χ1n) is 13.8. The van der Waals surface area contributed by atoms with Crippen molar-refractivity contribution < 1.29 is 29.0 Å². The number of ether oxygens (including phenoxy) is 2. The van der Waals surface area contributed by atoms with Crippen LogP contribution in [0.5, 0.6) is 0 Å². The molecule has 0 saturated carbocycles. The second kappa shape index (κ2) is 11.1. The summed E-state index contributed by atoms with van der Waals surface area (Å²) in [5.74, 6) is -3.08. The van der Waals surface area contributed by atoms with Crippen LogP contribution in [-0.4, -0.2) is 84.4 Å². The largest absolute Gasteiger partial charge is 0.461 e. The Balaban J connectivity index is 1.76. The van der Waals surface area contributed by atoms with Gasteiger partial charge in [0, 0.05) is 37.6 Å². The molecule has 1 aromatic rings. The molecule has 6 atom stereocenters. The molecular formula is C30H41N3O6. The lowest BCUT2D eigenvalue weighted by Crippen LogP contribution is -2.57. The van der Waals surface area contributed by atoms with E-state index in [4.69, 9.17) is 9.47 Å². The van der Waals surface area contributed by atoms with E-state index >= 15 is 0 Å². The highest BCUT2D eigenvalue weighted by molar-refractivity contribution is 6.05. The van der Waals surface area contributed by atoms with Crippen LogP contribution in [0.25, 0.3) is 0 Å². The number of hydrogen-bond donors (Lipinski definition) is 1. The molecule has 212 valence electrons. The summed E-state index contributed by atoms with van der Waals surface area (Å²) in [6.45, 7) is 17.1. The molecule has 0 aliphatic carbocycles. The quantitative estimate of drug-likeness (QED) is 0.322. The first-order valence-corrected chi connectivity index (χ1v) is 13.8. The average molecular weight is 540 g/mol. The van der Waals surface area contributed by atoms with Crippen LogP contribution in [0.3, 0.4) is 0 Å². The zero-order chi connectivity index (χ0) is 28.5. The molecule has 3 aliphatic heterocycles. The number of benzene rings is 1. The van der Waals surface area contributed by atoms with Crippen molar-refractivity contribution in [3.63, 3.8) is 0 Å². The third-order valence-corrected chi connectivity index (χ3v) is 8.85. The zero-order valence-corrected chi connectivity index (χ0v) is 23.5. The Morgan fingerprint density at radius 3 is 2.38 bits per heavy atom. The Bertz CT molecular complexity index is 1120. The van der Waals surface area contributed by atoms with Crippen LogP contribution in [0.15, 0.2) is 49.6 Å². The number of aliphatic hydroxyl groups is 1. The average Bonchev–Trinajstić information content (AvgIpc) is 3.43. The summed E-state index contributed by atoms with van der Waals surface area (Å²) < 4.78 is 12.1. The number of carbonyl (C=O) groups excluding carboxylic acids is 3. The second-order valence-corrected chi connectivity index (χ2v) is 10.8. The van der Waals surface area contributed by atoms with E-state index in [1.807, 2.05) is 38.1 Å². The molecule has 1 spiro atoms. The van der Waals surface area contributed by atoms with Crippen molar-refractivity contribution >= 4 is 29.2 Å². The topological polar surface area (TPSA) is 99.6 Å². The molecule has 9 heteroatoms. The van der Waals surface area contributed by atoms with Gasteiger partial charge in [-0.1, -0.05) is 25.7 Å². The van der Waals surface area contributed by atoms with Crippen LogP contribution in [0.4, 0.5) is 11.4 Å². The maximum absolute atomic E-state index is 14.5. The molecule has 1 N–H and O–H groups in total. The van der Waals surface area contributed by atoms with Gasteiger partial charge in [-0.3, -0.25) is 14.4 Å². The molecule has 3 unspecified atom stereocenters. The fourth-order valence-corrected chi connectivity index (χ4v) is 6.99. The zero-order valence-electron chi connectivity index (χ0n) is 23.5. The maximum Gasteiger partial charge on any atom is 0.313 e. The van der Waals surface area contributed by atoms with E-state index in [0.717, 1.165) is 18.8 Å². The van der Waals surface area contributed by atoms with Crippen molar-refractivity contribution in [2.45, 2.75) is 51.4 Å². The molecule has 4 rings (SSSR count). The Kier molecular flexibility index (Phi) is 8.23. The summed E-state index contributed by atoms with van der Waals surface area (Å²) in [6, 6.07) is 6.73. The summed E-state index contributed by atoms with van der Waals surface area (Å²) in [4.78, 5) is 46.9. The number of likely N-dealkylation sites (tertiary alicyclic amines) is 1. The lowest BCUT2D eigenvalue weighted by atomic mass is 9.62. The first kappa shape index (κ1) is 28.8. The third kappa shape index (κ3) is 4.45. The van der Waals surface area contributed by atoms with E-state index in [0.29, 0.717) is 12.1 Å². The third-order valence-electron chi connectivity index (χ3n) is 8.85. The fraction of sp³-hybridized carbons (Fsp3) is 0.567. The van der Waals surface area contributed by atoms with Crippen LogP contribution >= 0.6 is 0 Å². The summed E-state index contributed by atoms with van der Waals surface area (Å²) in [5.41, 5.74) is -0.458. The highest BCUT2D eigenvalue weighted by Crippen LogP contribution is 2.65. The first-order chi connectivity index (χ1) is 18.6. The predicted octanol–water partition coefficient (Wildman–Crippen LogP) is 2.78. The van der Waals surface area contributed by atoms with E-state index in [-0.39, 0.29) is 44.0 Å². The van der Waals surface area contributed by atoms with Gasteiger partial charge in [0.1, 0.15) is 24.2 Å². The Morgan fingerprint density at radius 1 is 1.18 bits per heavy atom. The molecule has 3 aliphatic rings. The molecule has 2 amide bonds. The Morgan fingerprint density at radius 2 is 1.82 bits per heavy atom. The van der Waals surface area contributed by atoms with Gasteiger partial charge in [-0.05, 0) is 57.4 Å². The van der Waals surface area contributed by atoms with E-state index in [9.17, 15) is 19.5 Å². The second-order valence-electron chi connectivity index (χ2n) is 10.8. The van der Waals surface area contributed by atoms with Gasteiger partial charge in [0.2, 0.25) is 5.91 Å². The molecule has 9 nitrogen and oxygen atoms in total. The number of carbonyl (C=O) groups is 3. The van der Waals surface area contributed by atoms with Gasteiger partial charge >= 0.3 is 5.97 Å². The van der Waals surface area contributed by atoms with Gasteiger partial charge in [-0.15, -0.1) is 6.58 Å². The van der Waals surface area contributed by atoms with E-state index < -0.39 is 35.0 Å². The number of aliphatic hydroxyl groups excluding tert-OH is 1. The van der Waals surface area contributed by atoms with Crippen LogP contribution in [-0.2, 0) is 23.9 Å². The van der Waals surface area contributed by atoms with E-state index in [2.05, 4.69) is 31.9 Å². The van der Waals surface area contributed by atoms with Crippen molar-refractivity contribution in [1.82, 2.24) is 4.90 Å². The fourth-order valence-electron chi connectivity index (χ4n) is 6.99. The molecule has 2 bridgehead atoms. The van der Waals surface area contributed by atoms with Crippen LogP contribution in [0.2, 0.25) is 0 Å². The van der Waals surface area contributed by atoms with Crippen LogP contribution < -0.4 is 9.80 Å². The number of β-amino-alcohol motifs (C(OH)–C–C–N with tert-alkyl or cyclic N) is 1. The summed E-state index contributed by atoms with van der Waals surface area (Å²) in [6.07, 6.45) is 3.56. The number of nitrogens with zero attached hydrogens (tertiary/aromatic N) is 3. The van der Waals surface area contributed by atoms with Crippen molar-refractivity contribution in [1.29, 1.82) is 0 Å².